The molecule has 0 bridgehead atoms. The lowest BCUT2D eigenvalue weighted by Gasteiger charge is -2.13. The highest BCUT2D eigenvalue weighted by atomic mass is 19.1. The topological polar surface area (TPSA) is 105 Å². The number of hydrogen-bond acceptors (Lipinski definition) is 5. The van der Waals surface area contributed by atoms with Gasteiger partial charge in [-0.1, -0.05) is 47.2 Å². The van der Waals surface area contributed by atoms with Crippen LogP contribution in [0.15, 0.2) is 64.2 Å². The molecule has 0 aliphatic heterocycles. The summed E-state index contributed by atoms with van der Waals surface area (Å²) in [6, 6.07) is 14.6. The van der Waals surface area contributed by atoms with Gasteiger partial charge in [-0.05, 0) is 30.2 Å². The van der Waals surface area contributed by atoms with Gasteiger partial charge in [-0.15, -0.1) is 0 Å². The van der Waals surface area contributed by atoms with Crippen molar-refractivity contribution in [1.82, 2.24) is 15.0 Å². The number of halogens is 1. The Morgan fingerprint density at radius 1 is 1.07 bits per heavy atom. The van der Waals surface area contributed by atoms with E-state index in [-0.39, 0.29) is 24.5 Å². The largest absolute Gasteiger partial charge is 0.401 e. The van der Waals surface area contributed by atoms with Gasteiger partial charge in [0.15, 0.2) is 0 Å². The van der Waals surface area contributed by atoms with Crippen molar-refractivity contribution in [1.29, 1.82) is 0 Å². The van der Waals surface area contributed by atoms with Gasteiger partial charge < -0.3 is 15.5 Å². The van der Waals surface area contributed by atoms with E-state index in [0.29, 0.717) is 16.8 Å². The van der Waals surface area contributed by atoms with Crippen LogP contribution in [0.5, 0.6) is 0 Å². The molecule has 0 aliphatic rings. The van der Waals surface area contributed by atoms with E-state index in [1.54, 1.807) is 31.2 Å². The first kappa shape index (κ1) is 20.8. The van der Waals surface area contributed by atoms with Crippen LogP contribution >= 0.6 is 0 Å². The first-order valence-electron chi connectivity index (χ1n) is 9.32. The zero-order valence-corrected chi connectivity index (χ0v) is 16.3. The molecule has 3 N–H and O–H groups in total. The van der Waals surface area contributed by atoms with Crippen LogP contribution in [0.4, 0.5) is 10.2 Å². The molecule has 1 heterocycles. The van der Waals surface area contributed by atoms with E-state index < -0.39 is 23.0 Å². The molecule has 0 radical (unpaired) electrons. The van der Waals surface area contributed by atoms with Gasteiger partial charge in [-0.3, -0.25) is 14.6 Å². The summed E-state index contributed by atoms with van der Waals surface area (Å²) in [6.45, 7) is 2.19. The number of aromatic nitrogens is 2. The van der Waals surface area contributed by atoms with Crippen molar-refractivity contribution in [2.45, 2.75) is 20.1 Å². The predicted octanol–water partition coefficient (Wildman–Crippen LogP) is 1.67. The van der Waals surface area contributed by atoms with E-state index in [0.717, 1.165) is 5.56 Å². The van der Waals surface area contributed by atoms with E-state index in [1.165, 1.54) is 24.3 Å². The number of aromatic amines is 1. The standard InChI is InChI=1S/C21H21FN4O4/c1-2-23-18-17(19(27)24-12-14-8-10-16(22)11-9-14)20(28)26(21(29)25-18)30-13-15-6-4-3-5-7-15/h3-11,23H,2,12-13H2,1H3,(H,24,27)(H,25,29). The smallest absolute Gasteiger partial charge is 0.363 e. The van der Waals surface area contributed by atoms with Gasteiger partial charge in [0, 0.05) is 13.1 Å². The Hall–Kier alpha value is -3.88. The third kappa shape index (κ3) is 4.93. The summed E-state index contributed by atoms with van der Waals surface area (Å²) in [4.78, 5) is 45.7. The highest BCUT2D eigenvalue weighted by Gasteiger charge is 2.21. The number of anilines is 1. The third-order valence-corrected chi connectivity index (χ3v) is 4.21. The van der Waals surface area contributed by atoms with Gasteiger partial charge in [-0.2, -0.15) is 0 Å². The summed E-state index contributed by atoms with van der Waals surface area (Å²) in [5, 5.41) is 5.41. The van der Waals surface area contributed by atoms with Crippen LogP contribution in [0.25, 0.3) is 0 Å². The van der Waals surface area contributed by atoms with Crippen LogP contribution < -0.4 is 26.7 Å². The molecule has 156 valence electrons. The van der Waals surface area contributed by atoms with E-state index in [4.69, 9.17) is 4.84 Å². The molecule has 2 aromatic carbocycles. The van der Waals surface area contributed by atoms with Crippen LogP contribution in [0.2, 0.25) is 0 Å². The van der Waals surface area contributed by atoms with Gasteiger partial charge in [-0.25, -0.2) is 9.18 Å². The van der Waals surface area contributed by atoms with Gasteiger partial charge in [0.25, 0.3) is 5.91 Å². The number of H-pyrrole nitrogens is 1. The molecule has 3 rings (SSSR count). The lowest BCUT2D eigenvalue weighted by Crippen LogP contribution is -2.45. The molecule has 1 amide bonds. The summed E-state index contributed by atoms with van der Waals surface area (Å²) in [6.07, 6.45) is 0. The maximum atomic E-state index is 13.0. The Kier molecular flexibility index (Phi) is 6.63. The second-order valence-electron chi connectivity index (χ2n) is 6.38. The summed E-state index contributed by atoms with van der Waals surface area (Å²) < 4.78 is 13.6. The fraction of sp³-hybridized carbons (Fsp3) is 0.190. The molecule has 0 fully saturated rings. The minimum absolute atomic E-state index is 0.00340. The van der Waals surface area contributed by atoms with Crippen LogP contribution in [-0.4, -0.2) is 22.2 Å². The van der Waals surface area contributed by atoms with Crippen LogP contribution in [0.1, 0.15) is 28.4 Å². The predicted molar refractivity (Wildman–Crippen MR) is 110 cm³/mol. The lowest BCUT2D eigenvalue weighted by atomic mass is 10.2. The van der Waals surface area contributed by atoms with Crippen molar-refractivity contribution in [3.63, 3.8) is 0 Å². The molecule has 0 aliphatic carbocycles. The molecule has 0 unspecified atom stereocenters. The summed E-state index contributed by atoms with van der Waals surface area (Å²) in [7, 11) is 0. The second-order valence-corrected chi connectivity index (χ2v) is 6.38. The van der Waals surface area contributed by atoms with Crippen molar-refractivity contribution >= 4 is 11.7 Å². The average molecular weight is 412 g/mol. The molecule has 8 nitrogen and oxygen atoms in total. The molecular formula is C21H21FN4O4. The van der Waals surface area contributed by atoms with Crippen molar-refractivity contribution in [3.8, 4) is 0 Å². The van der Waals surface area contributed by atoms with Gasteiger partial charge >= 0.3 is 11.2 Å². The number of carbonyl (C=O) groups excluding carboxylic acids is 1. The van der Waals surface area contributed by atoms with Crippen LogP contribution in [-0.2, 0) is 13.2 Å². The Morgan fingerprint density at radius 3 is 2.43 bits per heavy atom. The average Bonchev–Trinajstić information content (AvgIpc) is 2.74. The Labute approximate surface area is 171 Å². The fourth-order valence-corrected chi connectivity index (χ4v) is 2.74. The normalized spacial score (nSPS) is 10.5. The monoisotopic (exact) mass is 412 g/mol. The van der Waals surface area contributed by atoms with Gasteiger partial charge in [0.1, 0.15) is 23.8 Å². The van der Waals surface area contributed by atoms with Gasteiger partial charge in [0.2, 0.25) is 0 Å². The maximum absolute atomic E-state index is 13.0. The SMILES string of the molecule is CCNc1[nH]c(=O)n(OCc2ccccc2)c(=O)c1C(=O)NCc1ccc(F)cc1. The molecule has 0 saturated heterocycles. The lowest BCUT2D eigenvalue weighted by molar-refractivity contribution is 0.0764. The number of nitrogens with one attached hydrogen (secondary N) is 3. The molecule has 1 aromatic heterocycles. The molecule has 3 aromatic rings. The van der Waals surface area contributed by atoms with E-state index in [9.17, 15) is 18.8 Å². The molecular weight excluding hydrogens is 391 g/mol. The highest BCUT2D eigenvalue weighted by molar-refractivity contribution is 5.98. The molecule has 0 saturated carbocycles. The highest BCUT2D eigenvalue weighted by Crippen LogP contribution is 2.07. The van der Waals surface area contributed by atoms with Crippen LogP contribution in [0.3, 0.4) is 0 Å². The minimum Gasteiger partial charge on any atom is -0.401 e. The van der Waals surface area contributed by atoms with Crippen LogP contribution in [0, 0.1) is 5.82 Å². The third-order valence-electron chi connectivity index (χ3n) is 4.21. The van der Waals surface area contributed by atoms with E-state index in [1.807, 2.05) is 6.07 Å². The number of carbonyl (C=O) groups is 1. The van der Waals surface area contributed by atoms with Crippen molar-refractivity contribution in [2.24, 2.45) is 0 Å². The fourth-order valence-electron chi connectivity index (χ4n) is 2.74. The number of nitrogens with zero attached hydrogens (tertiary/aromatic N) is 1. The number of rotatable bonds is 8. The number of amides is 1. The Balaban J connectivity index is 1.86. The number of hydrogen-bond donors (Lipinski definition) is 3. The first-order chi connectivity index (χ1) is 14.5. The maximum Gasteiger partial charge on any atom is 0.363 e. The van der Waals surface area contributed by atoms with Gasteiger partial charge in [0.05, 0.1) is 0 Å². The minimum atomic E-state index is -0.887. The quantitative estimate of drug-likeness (QED) is 0.522. The Bertz CT molecular complexity index is 1120. The molecule has 0 spiro atoms. The van der Waals surface area contributed by atoms with Crippen molar-refractivity contribution < 1.29 is 14.0 Å². The second kappa shape index (κ2) is 9.55. The molecule has 0 atom stereocenters. The summed E-state index contributed by atoms with van der Waals surface area (Å²) in [5.74, 6) is -1.09. The molecule has 30 heavy (non-hydrogen) atoms. The zero-order chi connectivity index (χ0) is 21.5. The van der Waals surface area contributed by atoms with Crippen molar-refractivity contribution in [3.05, 3.63) is 97.9 Å². The summed E-state index contributed by atoms with van der Waals surface area (Å²) in [5.41, 5.74) is -0.572. The zero-order valence-electron chi connectivity index (χ0n) is 16.3. The van der Waals surface area contributed by atoms with Crippen molar-refractivity contribution in [2.75, 3.05) is 11.9 Å². The van der Waals surface area contributed by atoms with E-state index >= 15 is 0 Å². The number of benzene rings is 2. The molecule has 9 heteroatoms. The first-order valence-corrected chi connectivity index (χ1v) is 9.32. The summed E-state index contributed by atoms with van der Waals surface area (Å²) >= 11 is 0. The van der Waals surface area contributed by atoms with E-state index in [2.05, 4.69) is 15.6 Å². The Morgan fingerprint density at radius 2 is 1.77 bits per heavy atom.